The molecule has 50 heavy (non-hydrogen) atoms. The van der Waals surface area contributed by atoms with Crippen LogP contribution < -0.4 is 0 Å². The van der Waals surface area contributed by atoms with E-state index in [4.69, 9.17) is 9.47 Å². The standard InChI is InChI=1S/C46H86O4/c1-3-5-7-9-11-13-15-17-19-21-22-23-24-26-28-30-32-34-36-38-40-42-49-44-45(43-47)50-46(48)41-39-37-35-33-31-29-27-25-20-18-16-14-12-10-8-6-4-2/h6,8,12,14,18,20,45,47H,3-5,7,9-11,13,15-17,19,21-44H2,1-2H3/b8-6-,14-12-,20-18-. The Kier molecular flexibility index (Phi) is 42.6. The van der Waals surface area contributed by atoms with E-state index in [2.05, 4.69) is 50.3 Å². The molecule has 0 aliphatic carbocycles. The van der Waals surface area contributed by atoms with Crippen molar-refractivity contribution in [3.63, 3.8) is 0 Å². The molecule has 0 bridgehead atoms. The lowest BCUT2D eigenvalue weighted by Gasteiger charge is -2.16. The van der Waals surface area contributed by atoms with Gasteiger partial charge in [0.15, 0.2) is 0 Å². The Morgan fingerprint density at radius 2 is 0.900 bits per heavy atom. The Morgan fingerprint density at radius 1 is 0.500 bits per heavy atom. The second kappa shape index (κ2) is 43.8. The number of allylic oxidation sites excluding steroid dienone is 6. The number of unbranched alkanes of at least 4 members (excludes halogenated alkanes) is 27. The van der Waals surface area contributed by atoms with E-state index in [0.717, 1.165) is 38.5 Å². The average Bonchev–Trinajstić information content (AvgIpc) is 3.12. The van der Waals surface area contributed by atoms with Gasteiger partial charge in [0.25, 0.3) is 0 Å². The first-order chi connectivity index (χ1) is 24.7. The van der Waals surface area contributed by atoms with Crippen LogP contribution in [0, 0.1) is 0 Å². The van der Waals surface area contributed by atoms with Crippen molar-refractivity contribution in [2.24, 2.45) is 0 Å². The fourth-order valence-electron chi connectivity index (χ4n) is 6.46. The molecule has 0 aromatic rings. The first-order valence-corrected chi connectivity index (χ1v) is 22.1. The molecule has 0 amide bonds. The van der Waals surface area contributed by atoms with Crippen molar-refractivity contribution >= 4 is 5.97 Å². The molecule has 294 valence electrons. The molecule has 1 atom stereocenters. The summed E-state index contributed by atoms with van der Waals surface area (Å²) < 4.78 is 11.2. The zero-order chi connectivity index (χ0) is 36.3. The number of ether oxygens (including phenoxy) is 2. The molecule has 1 N–H and O–H groups in total. The predicted octanol–water partition coefficient (Wildman–Crippen LogP) is 14.5. The molecule has 0 rings (SSSR count). The van der Waals surface area contributed by atoms with Gasteiger partial charge in [-0.25, -0.2) is 0 Å². The largest absolute Gasteiger partial charge is 0.457 e. The van der Waals surface area contributed by atoms with Gasteiger partial charge < -0.3 is 14.6 Å². The third kappa shape index (κ3) is 41.0. The molecule has 0 saturated heterocycles. The summed E-state index contributed by atoms with van der Waals surface area (Å²) >= 11 is 0. The van der Waals surface area contributed by atoms with E-state index in [1.165, 1.54) is 167 Å². The van der Waals surface area contributed by atoms with Crippen LogP contribution in [0.15, 0.2) is 36.5 Å². The van der Waals surface area contributed by atoms with Crippen LogP contribution in [0.3, 0.4) is 0 Å². The molecule has 1 unspecified atom stereocenters. The summed E-state index contributed by atoms with van der Waals surface area (Å²) in [5.41, 5.74) is 0. The highest BCUT2D eigenvalue weighted by atomic mass is 16.6. The van der Waals surface area contributed by atoms with Crippen LogP contribution in [0.25, 0.3) is 0 Å². The first kappa shape index (κ1) is 48.6. The maximum Gasteiger partial charge on any atom is 0.306 e. The lowest BCUT2D eigenvalue weighted by Crippen LogP contribution is -2.27. The second-order valence-corrected chi connectivity index (χ2v) is 14.7. The number of hydrogen-bond acceptors (Lipinski definition) is 4. The van der Waals surface area contributed by atoms with Crippen LogP contribution in [-0.2, 0) is 14.3 Å². The van der Waals surface area contributed by atoms with Gasteiger partial charge in [0.2, 0.25) is 0 Å². The quantitative estimate of drug-likeness (QED) is 0.0391. The van der Waals surface area contributed by atoms with E-state index >= 15 is 0 Å². The van der Waals surface area contributed by atoms with Crippen LogP contribution >= 0.6 is 0 Å². The monoisotopic (exact) mass is 703 g/mol. The molecule has 0 heterocycles. The summed E-state index contributed by atoms with van der Waals surface area (Å²) in [5.74, 6) is -0.208. The highest BCUT2D eigenvalue weighted by Gasteiger charge is 2.13. The Morgan fingerprint density at radius 3 is 1.36 bits per heavy atom. The molecule has 0 saturated carbocycles. The lowest BCUT2D eigenvalue weighted by atomic mass is 10.0. The molecule has 0 aromatic carbocycles. The summed E-state index contributed by atoms with van der Waals surface area (Å²) in [7, 11) is 0. The number of aliphatic hydroxyl groups is 1. The molecule has 0 aliphatic heterocycles. The van der Waals surface area contributed by atoms with E-state index in [9.17, 15) is 9.90 Å². The van der Waals surface area contributed by atoms with Crippen molar-refractivity contribution in [2.45, 2.75) is 232 Å². The Bertz CT molecular complexity index is 742. The predicted molar refractivity (Wildman–Crippen MR) is 219 cm³/mol. The number of aliphatic hydroxyl groups excluding tert-OH is 1. The minimum absolute atomic E-state index is 0.173. The SMILES string of the molecule is CC/C=C\C/C=C\C/C=C\CCCCCCCCCC(=O)OC(CO)COCCCCCCCCCCCCCCCCCCCCCCC. The molecule has 0 fully saturated rings. The Balaban J connectivity index is 3.39. The minimum Gasteiger partial charge on any atom is -0.457 e. The molecule has 0 spiro atoms. The van der Waals surface area contributed by atoms with Crippen LogP contribution in [0.5, 0.6) is 0 Å². The van der Waals surface area contributed by atoms with Crippen LogP contribution in [0.4, 0.5) is 0 Å². The second-order valence-electron chi connectivity index (χ2n) is 14.7. The molecule has 0 aliphatic rings. The number of carbonyl (C=O) groups is 1. The van der Waals surface area contributed by atoms with Gasteiger partial charge in [-0.3, -0.25) is 4.79 Å². The molecular weight excluding hydrogens is 617 g/mol. The molecule has 0 radical (unpaired) electrons. The maximum atomic E-state index is 12.2. The average molecular weight is 703 g/mol. The number of carbonyl (C=O) groups excluding carboxylic acids is 1. The molecule has 4 nitrogen and oxygen atoms in total. The summed E-state index contributed by atoms with van der Waals surface area (Å²) in [6.45, 7) is 5.26. The highest BCUT2D eigenvalue weighted by Crippen LogP contribution is 2.15. The summed E-state index contributed by atoms with van der Waals surface area (Å²) in [6.07, 6.45) is 55.0. The van der Waals surface area contributed by atoms with Gasteiger partial charge in [0, 0.05) is 13.0 Å². The zero-order valence-electron chi connectivity index (χ0n) is 33.7. The van der Waals surface area contributed by atoms with Gasteiger partial charge in [0.1, 0.15) is 6.10 Å². The van der Waals surface area contributed by atoms with Gasteiger partial charge in [0.05, 0.1) is 13.2 Å². The van der Waals surface area contributed by atoms with Crippen molar-refractivity contribution in [2.75, 3.05) is 19.8 Å². The lowest BCUT2D eigenvalue weighted by molar-refractivity contribution is -0.154. The Labute approximate surface area is 312 Å². The highest BCUT2D eigenvalue weighted by molar-refractivity contribution is 5.69. The van der Waals surface area contributed by atoms with Crippen molar-refractivity contribution in [1.29, 1.82) is 0 Å². The van der Waals surface area contributed by atoms with Crippen molar-refractivity contribution < 1.29 is 19.4 Å². The number of hydrogen-bond donors (Lipinski definition) is 1. The third-order valence-corrected chi connectivity index (χ3v) is 9.73. The molecule has 4 heteroatoms. The van der Waals surface area contributed by atoms with Gasteiger partial charge in [-0.2, -0.15) is 0 Å². The van der Waals surface area contributed by atoms with Gasteiger partial charge >= 0.3 is 5.97 Å². The minimum atomic E-state index is -0.537. The summed E-state index contributed by atoms with van der Waals surface area (Å²) in [6, 6.07) is 0. The molecular formula is C46H86O4. The fourth-order valence-corrected chi connectivity index (χ4v) is 6.46. The smallest absolute Gasteiger partial charge is 0.306 e. The molecule has 0 aromatic heterocycles. The first-order valence-electron chi connectivity index (χ1n) is 22.1. The van der Waals surface area contributed by atoms with Crippen molar-refractivity contribution in [1.82, 2.24) is 0 Å². The number of rotatable bonds is 41. The summed E-state index contributed by atoms with van der Waals surface area (Å²) in [5, 5.41) is 9.61. The zero-order valence-corrected chi connectivity index (χ0v) is 33.7. The Hall–Kier alpha value is -1.39. The van der Waals surface area contributed by atoms with E-state index in [0.29, 0.717) is 19.6 Å². The fraction of sp³-hybridized carbons (Fsp3) is 0.848. The van der Waals surface area contributed by atoms with Crippen molar-refractivity contribution in [3.05, 3.63) is 36.5 Å². The number of esters is 1. The van der Waals surface area contributed by atoms with Gasteiger partial charge in [-0.1, -0.05) is 211 Å². The van der Waals surface area contributed by atoms with E-state index in [-0.39, 0.29) is 12.6 Å². The van der Waals surface area contributed by atoms with Crippen LogP contribution in [-0.4, -0.2) is 37.0 Å². The van der Waals surface area contributed by atoms with E-state index in [1.54, 1.807) is 0 Å². The summed E-state index contributed by atoms with van der Waals surface area (Å²) in [4.78, 5) is 12.2. The normalized spacial score (nSPS) is 12.6. The maximum absolute atomic E-state index is 12.2. The van der Waals surface area contributed by atoms with Crippen LogP contribution in [0.1, 0.15) is 226 Å². The van der Waals surface area contributed by atoms with Gasteiger partial charge in [-0.15, -0.1) is 0 Å². The van der Waals surface area contributed by atoms with Gasteiger partial charge in [-0.05, 0) is 44.9 Å². The third-order valence-electron chi connectivity index (χ3n) is 9.73. The van der Waals surface area contributed by atoms with Crippen molar-refractivity contribution in [3.8, 4) is 0 Å². The topological polar surface area (TPSA) is 55.8 Å². The van der Waals surface area contributed by atoms with E-state index < -0.39 is 6.10 Å². The van der Waals surface area contributed by atoms with Crippen LogP contribution in [0.2, 0.25) is 0 Å². The van der Waals surface area contributed by atoms with E-state index in [1.807, 2.05) is 0 Å².